The van der Waals surface area contributed by atoms with E-state index in [-0.39, 0.29) is 24.1 Å². The third kappa shape index (κ3) is 1.93. The smallest absolute Gasteiger partial charge is 0.312 e. The molecule has 4 N–H and O–H groups in total. The molecule has 1 aliphatic rings. The van der Waals surface area contributed by atoms with Gasteiger partial charge in [0, 0.05) is 6.04 Å². The summed E-state index contributed by atoms with van der Waals surface area (Å²) in [6.07, 6.45) is 5.79. The molecule has 0 aromatic carbocycles. The summed E-state index contributed by atoms with van der Waals surface area (Å²) < 4.78 is 15.0. The van der Waals surface area contributed by atoms with Crippen LogP contribution in [0, 0.1) is 23.8 Å². The van der Waals surface area contributed by atoms with Gasteiger partial charge in [-0.15, -0.1) is 6.42 Å². The molecule has 0 saturated heterocycles. The number of hydrogen-bond acceptors (Lipinski definition) is 6. The van der Waals surface area contributed by atoms with Gasteiger partial charge >= 0.3 is 6.08 Å². The highest BCUT2D eigenvalue weighted by Crippen LogP contribution is 2.44. The van der Waals surface area contributed by atoms with Crippen molar-refractivity contribution in [2.75, 3.05) is 12.3 Å². The zero-order chi connectivity index (χ0) is 15.2. The van der Waals surface area contributed by atoms with E-state index in [1.807, 2.05) is 0 Å². The molecule has 21 heavy (non-hydrogen) atoms. The number of hydrogen-bond donors (Lipinski definition) is 3. The number of aliphatic hydroxyl groups excluding tert-OH is 2. The van der Waals surface area contributed by atoms with Gasteiger partial charge in [-0.3, -0.25) is 0 Å². The van der Waals surface area contributed by atoms with Gasteiger partial charge in [0.05, 0.1) is 24.5 Å². The number of terminal acetylenes is 1. The Kier molecular flexibility index (Phi) is 3.04. The lowest BCUT2D eigenvalue weighted by molar-refractivity contribution is 0.0475. The number of imidazole rings is 1. The van der Waals surface area contributed by atoms with Crippen LogP contribution >= 0.6 is 0 Å². The fourth-order valence-electron chi connectivity index (χ4n) is 2.88. The van der Waals surface area contributed by atoms with Crippen LogP contribution in [0.3, 0.4) is 0 Å². The Morgan fingerprint density at radius 3 is 2.95 bits per heavy atom. The van der Waals surface area contributed by atoms with Crippen LogP contribution < -0.4 is 5.73 Å². The summed E-state index contributed by atoms with van der Waals surface area (Å²) in [4.78, 5) is 11.2. The normalized spacial score (nSPS) is 28.9. The topological polar surface area (TPSA) is 110 Å². The lowest BCUT2D eigenvalue weighted by Gasteiger charge is -2.23. The average molecular weight is 291 g/mol. The molecule has 0 amide bonds. The number of nitrogen functional groups attached to an aromatic ring is 1. The van der Waals surface area contributed by atoms with Gasteiger partial charge in [0.2, 0.25) is 0 Å². The van der Waals surface area contributed by atoms with Crippen LogP contribution in [0.5, 0.6) is 0 Å². The SMILES string of the molecule is C#C[C@]1(CO)C[C@@H](n2cnc3c(N)nc(F)nc32)C[C@@H]1O. The molecule has 2 aromatic rings. The van der Waals surface area contributed by atoms with E-state index in [0.717, 1.165) is 0 Å². The molecule has 2 heterocycles. The first-order valence-corrected chi connectivity index (χ1v) is 6.43. The molecule has 0 unspecified atom stereocenters. The number of fused-ring (bicyclic) bond motifs is 1. The maximum atomic E-state index is 13.3. The number of aromatic nitrogens is 4. The number of nitrogens with two attached hydrogens (primary N) is 1. The number of rotatable bonds is 2. The Labute approximate surface area is 119 Å². The monoisotopic (exact) mass is 291 g/mol. The van der Waals surface area contributed by atoms with E-state index in [0.29, 0.717) is 18.4 Å². The van der Waals surface area contributed by atoms with E-state index in [2.05, 4.69) is 20.9 Å². The minimum Gasteiger partial charge on any atom is -0.395 e. The number of halogens is 1. The van der Waals surface area contributed by atoms with Crippen LogP contribution in [0.15, 0.2) is 6.33 Å². The lowest BCUT2D eigenvalue weighted by Crippen LogP contribution is -2.31. The van der Waals surface area contributed by atoms with E-state index < -0.39 is 17.6 Å². The number of anilines is 1. The summed E-state index contributed by atoms with van der Waals surface area (Å²) in [7, 11) is 0. The fourth-order valence-corrected chi connectivity index (χ4v) is 2.88. The first-order valence-electron chi connectivity index (χ1n) is 6.43. The highest BCUT2D eigenvalue weighted by molar-refractivity contribution is 5.81. The van der Waals surface area contributed by atoms with Crippen LogP contribution in [0.4, 0.5) is 10.2 Å². The molecular weight excluding hydrogens is 277 g/mol. The largest absolute Gasteiger partial charge is 0.395 e. The summed E-state index contributed by atoms with van der Waals surface area (Å²) in [6, 6.07) is -0.248. The van der Waals surface area contributed by atoms with Gasteiger partial charge < -0.3 is 20.5 Å². The molecule has 110 valence electrons. The number of aliphatic hydroxyl groups is 2. The summed E-state index contributed by atoms with van der Waals surface area (Å²) in [6.45, 7) is -0.320. The minimum atomic E-state index is -1.00. The van der Waals surface area contributed by atoms with Crippen molar-refractivity contribution in [3.8, 4) is 12.3 Å². The van der Waals surface area contributed by atoms with E-state index in [9.17, 15) is 14.6 Å². The summed E-state index contributed by atoms with van der Waals surface area (Å²) in [5.41, 5.74) is 5.16. The Morgan fingerprint density at radius 2 is 2.33 bits per heavy atom. The van der Waals surface area contributed by atoms with Crippen molar-refractivity contribution in [1.82, 2.24) is 19.5 Å². The maximum Gasteiger partial charge on any atom is 0.312 e. The van der Waals surface area contributed by atoms with Gasteiger partial charge in [-0.05, 0) is 12.8 Å². The third-order valence-electron chi connectivity index (χ3n) is 4.12. The lowest BCUT2D eigenvalue weighted by atomic mass is 9.86. The van der Waals surface area contributed by atoms with Crippen molar-refractivity contribution in [2.24, 2.45) is 5.41 Å². The first-order chi connectivity index (χ1) is 10.0. The van der Waals surface area contributed by atoms with Crippen molar-refractivity contribution >= 4 is 17.0 Å². The predicted molar refractivity (Wildman–Crippen MR) is 72.3 cm³/mol. The highest BCUT2D eigenvalue weighted by Gasteiger charge is 2.46. The van der Waals surface area contributed by atoms with Crippen LogP contribution in [-0.4, -0.2) is 42.4 Å². The molecule has 8 heteroatoms. The Bertz CT molecular complexity index is 740. The molecule has 1 fully saturated rings. The molecule has 0 spiro atoms. The van der Waals surface area contributed by atoms with Crippen LogP contribution in [0.1, 0.15) is 18.9 Å². The van der Waals surface area contributed by atoms with Crippen molar-refractivity contribution in [2.45, 2.75) is 25.0 Å². The average Bonchev–Trinajstić information content (AvgIpc) is 3.00. The molecule has 2 aromatic heterocycles. The number of nitrogens with zero attached hydrogens (tertiary/aromatic N) is 4. The van der Waals surface area contributed by atoms with E-state index in [4.69, 9.17) is 12.2 Å². The van der Waals surface area contributed by atoms with Crippen molar-refractivity contribution in [1.29, 1.82) is 0 Å². The van der Waals surface area contributed by atoms with Crippen LogP contribution in [-0.2, 0) is 0 Å². The molecule has 0 radical (unpaired) electrons. The van der Waals surface area contributed by atoms with Crippen molar-refractivity contribution < 1.29 is 14.6 Å². The van der Waals surface area contributed by atoms with Crippen molar-refractivity contribution in [3.63, 3.8) is 0 Å². The Morgan fingerprint density at radius 1 is 1.57 bits per heavy atom. The van der Waals surface area contributed by atoms with E-state index in [1.165, 1.54) is 6.33 Å². The summed E-state index contributed by atoms with van der Waals surface area (Å²) in [5.74, 6) is 2.43. The quantitative estimate of drug-likeness (QED) is 0.524. The molecular formula is C13H14FN5O2. The van der Waals surface area contributed by atoms with Gasteiger partial charge in [0.1, 0.15) is 5.52 Å². The van der Waals surface area contributed by atoms with Crippen molar-refractivity contribution in [3.05, 3.63) is 12.4 Å². The van der Waals surface area contributed by atoms with Gasteiger partial charge in [-0.2, -0.15) is 14.4 Å². The molecule has 1 saturated carbocycles. The van der Waals surface area contributed by atoms with E-state index >= 15 is 0 Å². The predicted octanol–water partition coefficient (Wildman–Crippen LogP) is -0.145. The van der Waals surface area contributed by atoms with Crippen LogP contribution in [0.2, 0.25) is 0 Å². The van der Waals surface area contributed by atoms with Gasteiger partial charge in [-0.25, -0.2) is 4.98 Å². The Hall–Kier alpha value is -2.24. The van der Waals surface area contributed by atoms with Gasteiger partial charge in [-0.1, -0.05) is 5.92 Å². The second-order valence-electron chi connectivity index (χ2n) is 5.27. The zero-order valence-corrected chi connectivity index (χ0v) is 11.1. The maximum absolute atomic E-state index is 13.3. The zero-order valence-electron chi connectivity index (χ0n) is 11.1. The molecule has 0 aliphatic heterocycles. The summed E-state index contributed by atoms with van der Waals surface area (Å²) >= 11 is 0. The molecule has 3 rings (SSSR count). The second-order valence-corrected chi connectivity index (χ2v) is 5.27. The fraction of sp³-hybridized carbons (Fsp3) is 0.462. The standard InChI is InChI=1S/C13H14FN5O2/c1-2-13(5-20)4-7(3-8(13)21)19-6-16-9-10(15)17-12(14)18-11(9)19/h1,6-8,20-21H,3-5H2,(H2,15,17,18)/t7-,8-,13+/m0/s1. The molecule has 7 nitrogen and oxygen atoms in total. The van der Waals surface area contributed by atoms with E-state index in [1.54, 1.807) is 4.57 Å². The molecule has 0 bridgehead atoms. The molecule has 3 atom stereocenters. The highest BCUT2D eigenvalue weighted by atomic mass is 19.1. The van der Waals surface area contributed by atoms with Crippen LogP contribution in [0.25, 0.3) is 11.2 Å². The Balaban J connectivity index is 2.05. The minimum absolute atomic E-state index is 0.0415. The van der Waals surface area contributed by atoms with Gasteiger partial charge in [0.15, 0.2) is 11.5 Å². The van der Waals surface area contributed by atoms with Gasteiger partial charge in [0.25, 0.3) is 0 Å². The first kappa shape index (κ1) is 13.7. The second kappa shape index (κ2) is 4.65. The molecule has 1 aliphatic carbocycles. The third-order valence-corrected chi connectivity index (χ3v) is 4.12. The summed E-state index contributed by atoms with van der Waals surface area (Å²) in [5, 5.41) is 19.6.